The minimum absolute atomic E-state index is 0.00532. The molecule has 0 aliphatic carbocycles. The Balaban J connectivity index is 2.24. The molecule has 0 aliphatic heterocycles. The molecule has 0 aliphatic rings. The maximum atomic E-state index is 13.6. The molecule has 1 N–H and O–H groups in total. The minimum atomic E-state index is -3.83. The number of sulfonamides is 1. The Morgan fingerprint density at radius 1 is 1.33 bits per heavy atom. The van der Waals surface area contributed by atoms with Crippen molar-refractivity contribution in [2.24, 2.45) is 0 Å². The second kappa shape index (κ2) is 6.19. The van der Waals surface area contributed by atoms with Gasteiger partial charge in [-0.1, -0.05) is 6.07 Å². The van der Waals surface area contributed by atoms with Gasteiger partial charge in [-0.2, -0.15) is 0 Å². The monoisotopic (exact) mass is 310 g/mol. The summed E-state index contributed by atoms with van der Waals surface area (Å²) in [6.45, 7) is 1.69. The van der Waals surface area contributed by atoms with E-state index in [0.717, 1.165) is 11.6 Å². The zero-order valence-corrected chi connectivity index (χ0v) is 12.4. The summed E-state index contributed by atoms with van der Waals surface area (Å²) in [5.41, 5.74) is 0.718. The molecule has 0 radical (unpaired) electrons. The standard InChI is InChI=1S/C14H15FN2O3S/c1-10(11-4-3-7-16-9-11)17-21(18,19)12-5-6-14(20-2)13(15)8-12/h3-10,17H,1-2H3/t10-/m0/s1. The lowest BCUT2D eigenvalue weighted by atomic mass is 10.2. The number of nitrogens with zero attached hydrogens (tertiary/aromatic N) is 1. The Labute approximate surface area is 122 Å². The van der Waals surface area contributed by atoms with Crippen molar-refractivity contribution < 1.29 is 17.5 Å². The Hall–Kier alpha value is -1.99. The zero-order chi connectivity index (χ0) is 15.5. The summed E-state index contributed by atoms with van der Waals surface area (Å²) in [5, 5.41) is 0. The molecule has 0 unspecified atom stereocenters. The van der Waals surface area contributed by atoms with Gasteiger partial charge >= 0.3 is 0 Å². The third-order valence-corrected chi connectivity index (χ3v) is 4.49. The Morgan fingerprint density at radius 2 is 2.10 bits per heavy atom. The lowest BCUT2D eigenvalue weighted by Crippen LogP contribution is -2.27. The van der Waals surface area contributed by atoms with Crippen molar-refractivity contribution in [3.8, 4) is 5.75 Å². The van der Waals surface area contributed by atoms with Gasteiger partial charge in [-0.05, 0) is 36.8 Å². The number of hydrogen-bond acceptors (Lipinski definition) is 4. The summed E-state index contributed by atoms with van der Waals surface area (Å²) in [6.07, 6.45) is 3.17. The van der Waals surface area contributed by atoms with Crippen molar-refractivity contribution in [2.75, 3.05) is 7.11 Å². The van der Waals surface area contributed by atoms with Crippen LogP contribution in [-0.2, 0) is 10.0 Å². The molecule has 0 saturated heterocycles. The summed E-state index contributed by atoms with van der Waals surface area (Å²) < 4.78 is 45.3. The van der Waals surface area contributed by atoms with Gasteiger partial charge in [0, 0.05) is 18.4 Å². The van der Waals surface area contributed by atoms with Gasteiger partial charge in [0.05, 0.1) is 12.0 Å². The highest BCUT2D eigenvalue weighted by Gasteiger charge is 2.20. The molecular formula is C14H15FN2O3S. The van der Waals surface area contributed by atoms with E-state index in [0.29, 0.717) is 0 Å². The highest BCUT2D eigenvalue weighted by Crippen LogP contribution is 2.22. The first-order valence-electron chi connectivity index (χ1n) is 6.20. The second-order valence-electron chi connectivity index (χ2n) is 4.43. The van der Waals surface area contributed by atoms with E-state index in [-0.39, 0.29) is 10.6 Å². The first kappa shape index (κ1) is 15.4. The van der Waals surface area contributed by atoms with Gasteiger partial charge < -0.3 is 4.74 Å². The first-order chi connectivity index (χ1) is 9.94. The van der Waals surface area contributed by atoms with Gasteiger partial charge in [-0.25, -0.2) is 17.5 Å². The number of ether oxygens (including phenoxy) is 1. The van der Waals surface area contributed by atoms with Crippen LogP contribution in [0.5, 0.6) is 5.75 Å². The number of pyridine rings is 1. The predicted molar refractivity (Wildman–Crippen MR) is 75.9 cm³/mol. The number of halogens is 1. The normalized spacial score (nSPS) is 12.9. The number of hydrogen-bond donors (Lipinski definition) is 1. The van der Waals surface area contributed by atoms with E-state index >= 15 is 0 Å². The molecule has 2 aromatic rings. The summed E-state index contributed by atoms with van der Waals surface area (Å²) in [4.78, 5) is 3.78. The quantitative estimate of drug-likeness (QED) is 0.920. The van der Waals surface area contributed by atoms with Crippen molar-refractivity contribution in [2.45, 2.75) is 17.9 Å². The highest BCUT2D eigenvalue weighted by molar-refractivity contribution is 7.89. The lowest BCUT2D eigenvalue weighted by molar-refractivity contribution is 0.385. The van der Waals surface area contributed by atoms with Crippen molar-refractivity contribution in [3.63, 3.8) is 0 Å². The Morgan fingerprint density at radius 3 is 2.67 bits per heavy atom. The second-order valence-corrected chi connectivity index (χ2v) is 6.14. The molecule has 0 bridgehead atoms. The van der Waals surface area contributed by atoms with Crippen LogP contribution < -0.4 is 9.46 Å². The molecule has 5 nitrogen and oxygen atoms in total. The summed E-state index contributed by atoms with van der Waals surface area (Å²) >= 11 is 0. The fraction of sp³-hybridized carbons (Fsp3) is 0.214. The molecule has 7 heteroatoms. The van der Waals surface area contributed by atoms with E-state index < -0.39 is 21.9 Å². The summed E-state index contributed by atoms with van der Waals surface area (Å²) in [7, 11) is -2.51. The average molecular weight is 310 g/mol. The van der Waals surface area contributed by atoms with Gasteiger partial charge in [-0.15, -0.1) is 0 Å². The van der Waals surface area contributed by atoms with Crippen molar-refractivity contribution in [1.29, 1.82) is 0 Å². The fourth-order valence-corrected chi connectivity index (χ4v) is 3.06. The van der Waals surface area contributed by atoms with E-state index in [1.807, 2.05) is 0 Å². The van der Waals surface area contributed by atoms with E-state index in [1.54, 1.807) is 31.5 Å². The molecule has 2 rings (SSSR count). The highest BCUT2D eigenvalue weighted by atomic mass is 32.2. The first-order valence-corrected chi connectivity index (χ1v) is 7.68. The third kappa shape index (κ3) is 3.56. The van der Waals surface area contributed by atoms with Crippen LogP contribution >= 0.6 is 0 Å². The predicted octanol–water partition coefficient (Wildman–Crippen LogP) is 2.27. The smallest absolute Gasteiger partial charge is 0.241 e. The molecule has 0 spiro atoms. The third-order valence-electron chi connectivity index (χ3n) is 2.95. The van der Waals surface area contributed by atoms with Crippen molar-refractivity contribution >= 4 is 10.0 Å². The van der Waals surface area contributed by atoms with Gasteiger partial charge in [0.15, 0.2) is 11.6 Å². The largest absolute Gasteiger partial charge is 0.494 e. The van der Waals surface area contributed by atoms with Gasteiger partial charge in [0.25, 0.3) is 0 Å². The minimum Gasteiger partial charge on any atom is -0.494 e. The van der Waals surface area contributed by atoms with Crippen LogP contribution in [0.3, 0.4) is 0 Å². The Bertz CT molecular complexity index is 720. The lowest BCUT2D eigenvalue weighted by Gasteiger charge is -2.14. The molecular weight excluding hydrogens is 295 g/mol. The molecule has 1 heterocycles. The Kier molecular flexibility index (Phi) is 4.54. The maximum Gasteiger partial charge on any atom is 0.241 e. The average Bonchev–Trinajstić information content (AvgIpc) is 2.47. The van der Waals surface area contributed by atoms with Gasteiger partial charge in [0.2, 0.25) is 10.0 Å². The van der Waals surface area contributed by atoms with Crippen LogP contribution in [0.1, 0.15) is 18.5 Å². The molecule has 0 amide bonds. The molecule has 1 aromatic heterocycles. The number of nitrogens with one attached hydrogen (secondary N) is 1. The van der Waals surface area contributed by atoms with Crippen LogP contribution in [0, 0.1) is 5.82 Å². The van der Waals surface area contributed by atoms with E-state index in [2.05, 4.69) is 9.71 Å². The van der Waals surface area contributed by atoms with Crippen molar-refractivity contribution in [3.05, 3.63) is 54.1 Å². The van der Waals surface area contributed by atoms with Crippen molar-refractivity contribution in [1.82, 2.24) is 9.71 Å². The number of rotatable bonds is 5. The van der Waals surface area contributed by atoms with E-state index in [9.17, 15) is 12.8 Å². The van der Waals surface area contributed by atoms with Crippen LogP contribution in [0.4, 0.5) is 4.39 Å². The van der Waals surface area contributed by atoms with Crippen LogP contribution in [-0.4, -0.2) is 20.5 Å². The maximum absolute atomic E-state index is 13.6. The van der Waals surface area contributed by atoms with Gasteiger partial charge in [0.1, 0.15) is 0 Å². The fourth-order valence-electron chi connectivity index (χ4n) is 1.82. The van der Waals surface area contributed by atoms with E-state index in [4.69, 9.17) is 4.74 Å². The summed E-state index contributed by atoms with van der Waals surface area (Å²) in [5.74, 6) is -0.733. The number of aromatic nitrogens is 1. The molecule has 0 saturated carbocycles. The molecule has 0 fully saturated rings. The SMILES string of the molecule is COc1ccc(S(=O)(=O)N[C@@H](C)c2cccnc2)cc1F. The number of methoxy groups -OCH3 is 1. The summed E-state index contributed by atoms with van der Waals surface area (Å²) in [6, 6.07) is 6.49. The molecule has 1 aromatic carbocycles. The molecule has 112 valence electrons. The molecule has 21 heavy (non-hydrogen) atoms. The number of benzene rings is 1. The topological polar surface area (TPSA) is 68.3 Å². The van der Waals surface area contributed by atoms with Crippen LogP contribution in [0.15, 0.2) is 47.6 Å². The zero-order valence-electron chi connectivity index (χ0n) is 11.6. The van der Waals surface area contributed by atoms with Crippen LogP contribution in [0.25, 0.3) is 0 Å². The van der Waals surface area contributed by atoms with Crippen LogP contribution in [0.2, 0.25) is 0 Å². The van der Waals surface area contributed by atoms with Gasteiger partial charge in [-0.3, -0.25) is 4.98 Å². The molecule has 1 atom stereocenters. The van der Waals surface area contributed by atoms with E-state index in [1.165, 1.54) is 19.2 Å².